The second kappa shape index (κ2) is 7.38. The van der Waals surface area contributed by atoms with Crippen LogP contribution in [0.25, 0.3) is 22.4 Å². The maximum atomic E-state index is 9.48. The van der Waals surface area contributed by atoms with Crippen molar-refractivity contribution in [2.45, 2.75) is 19.8 Å². The third-order valence-electron chi connectivity index (χ3n) is 4.10. The Hall–Kier alpha value is -2.83. The van der Waals surface area contributed by atoms with Gasteiger partial charge in [0.25, 0.3) is 0 Å². The Bertz CT molecular complexity index is 923. The molecule has 0 fully saturated rings. The molecule has 1 aromatic heterocycles. The molecule has 0 aliphatic carbocycles. The minimum absolute atomic E-state index is 0.239. The van der Waals surface area contributed by atoms with Crippen molar-refractivity contribution in [3.05, 3.63) is 70.7 Å². The van der Waals surface area contributed by atoms with E-state index in [2.05, 4.69) is 30.1 Å². The monoisotopic (exact) mass is 347 g/mol. The molecule has 0 aliphatic rings. The van der Waals surface area contributed by atoms with Crippen molar-refractivity contribution in [1.82, 2.24) is 4.98 Å². The van der Waals surface area contributed by atoms with Crippen LogP contribution in [-0.2, 0) is 6.42 Å². The van der Waals surface area contributed by atoms with Gasteiger partial charge in [0.2, 0.25) is 0 Å². The zero-order valence-electron chi connectivity index (χ0n) is 14.0. The molecule has 0 unspecified atom stereocenters. The summed E-state index contributed by atoms with van der Waals surface area (Å²) in [5.41, 5.74) is 11.1. The minimum Gasteiger partial charge on any atom is -0.383 e. The van der Waals surface area contributed by atoms with Crippen LogP contribution in [0.15, 0.2) is 54.6 Å². The predicted octanol–water partition coefficient (Wildman–Crippen LogP) is 5.48. The van der Waals surface area contributed by atoms with Crippen LogP contribution < -0.4 is 5.73 Å². The zero-order chi connectivity index (χ0) is 17.8. The first-order chi connectivity index (χ1) is 12.1. The summed E-state index contributed by atoms with van der Waals surface area (Å²) in [5, 5.41) is 10.1. The van der Waals surface area contributed by atoms with Gasteiger partial charge in [-0.15, -0.1) is 0 Å². The first-order valence-electron chi connectivity index (χ1n) is 8.18. The van der Waals surface area contributed by atoms with Crippen LogP contribution in [0.3, 0.4) is 0 Å². The van der Waals surface area contributed by atoms with Crippen LogP contribution >= 0.6 is 11.6 Å². The fourth-order valence-electron chi connectivity index (χ4n) is 2.82. The number of nitrogen functional groups attached to an aromatic ring is 1. The van der Waals surface area contributed by atoms with Crippen LogP contribution in [0.4, 0.5) is 5.82 Å². The summed E-state index contributed by atoms with van der Waals surface area (Å²) in [6.45, 7) is 2.16. The van der Waals surface area contributed by atoms with Gasteiger partial charge in [0.1, 0.15) is 17.5 Å². The number of rotatable bonds is 4. The number of benzene rings is 2. The highest BCUT2D eigenvalue weighted by molar-refractivity contribution is 6.30. The number of hydrogen-bond donors (Lipinski definition) is 1. The van der Waals surface area contributed by atoms with Gasteiger partial charge in [-0.05, 0) is 35.7 Å². The number of aromatic nitrogens is 1. The number of nitrogens with zero attached hydrogens (tertiary/aromatic N) is 2. The number of nitriles is 1. The van der Waals surface area contributed by atoms with E-state index in [1.807, 2.05) is 30.3 Å². The number of pyridine rings is 1. The molecule has 2 aromatic carbocycles. The summed E-state index contributed by atoms with van der Waals surface area (Å²) in [5.74, 6) is 0.239. The lowest BCUT2D eigenvalue weighted by Crippen LogP contribution is -1.99. The quantitative estimate of drug-likeness (QED) is 0.680. The first kappa shape index (κ1) is 17.0. The van der Waals surface area contributed by atoms with Crippen LogP contribution in [0.5, 0.6) is 0 Å². The molecule has 0 spiro atoms. The van der Waals surface area contributed by atoms with Crippen molar-refractivity contribution < 1.29 is 0 Å². The van der Waals surface area contributed by atoms with Crippen LogP contribution in [0.2, 0.25) is 5.02 Å². The third-order valence-corrected chi connectivity index (χ3v) is 4.35. The maximum Gasteiger partial charge on any atom is 0.142 e. The third kappa shape index (κ3) is 3.65. The molecule has 3 rings (SSSR count). The number of anilines is 1. The second-order valence-electron chi connectivity index (χ2n) is 5.88. The number of nitrogens with two attached hydrogens (primary N) is 1. The average Bonchev–Trinajstić information content (AvgIpc) is 2.62. The van der Waals surface area contributed by atoms with Gasteiger partial charge in [0, 0.05) is 16.1 Å². The summed E-state index contributed by atoms with van der Waals surface area (Å²) in [6, 6.07) is 19.7. The summed E-state index contributed by atoms with van der Waals surface area (Å²) < 4.78 is 0. The number of halogens is 1. The average molecular weight is 348 g/mol. The van der Waals surface area contributed by atoms with E-state index >= 15 is 0 Å². The van der Waals surface area contributed by atoms with Crippen molar-refractivity contribution >= 4 is 17.4 Å². The van der Waals surface area contributed by atoms with Crippen LogP contribution in [0.1, 0.15) is 24.5 Å². The van der Waals surface area contributed by atoms with E-state index in [-0.39, 0.29) is 5.82 Å². The second-order valence-corrected chi connectivity index (χ2v) is 6.32. The Morgan fingerprint density at radius 2 is 1.68 bits per heavy atom. The molecule has 0 saturated carbocycles. The molecular weight excluding hydrogens is 330 g/mol. The first-order valence-corrected chi connectivity index (χ1v) is 8.56. The Morgan fingerprint density at radius 3 is 2.28 bits per heavy atom. The highest BCUT2D eigenvalue weighted by Crippen LogP contribution is 2.31. The van der Waals surface area contributed by atoms with E-state index in [4.69, 9.17) is 17.3 Å². The van der Waals surface area contributed by atoms with E-state index in [0.29, 0.717) is 10.6 Å². The fraction of sp³-hybridized carbons (Fsp3) is 0.143. The molecule has 0 aliphatic heterocycles. The summed E-state index contributed by atoms with van der Waals surface area (Å²) in [4.78, 5) is 4.42. The van der Waals surface area contributed by atoms with Crippen molar-refractivity contribution in [3.8, 4) is 28.5 Å². The SMILES string of the molecule is CCCc1ccc(-c2cc(-c3ccc(Cl)cc3)c(C#N)c(N)n2)cc1. The highest BCUT2D eigenvalue weighted by atomic mass is 35.5. The Balaban J connectivity index is 2.10. The molecule has 1 heterocycles. The van der Waals surface area contributed by atoms with Crippen LogP contribution in [0, 0.1) is 11.3 Å². The topological polar surface area (TPSA) is 62.7 Å². The molecule has 3 nitrogen and oxygen atoms in total. The molecule has 2 N–H and O–H groups in total. The largest absolute Gasteiger partial charge is 0.383 e. The van der Waals surface area contributed by atoms with Gasteiger partial charge in [0.05, 0.1) is 5.69 Å². The highest BCUT2D eigenvalue weighted by Gasteiger charge is 2.13. The Labute approximate surface area is 152 Å². The van der Waals surface area contributed by atoms with Gasteiger partial charge in [-0.3, -0.25) is 0 Å². The van der Waals surface area contributed by atoms with Crippen molar-refractivity contribution in [3.63, 3.8) is 0 Å². The zero-order valence-corrected chi connectivity index (χ0v) is 14.7. The fourth-order valence-corrected chi connectivity index (χ4v) is 2.94. The van der Waals surface area contributed by atoms with E-state index in [1.54, 1.807) is 12.1 Å². The molecule has 0 bridgehead atoms. The molecule has 124 valence electrons. The van der Waals surface area contributed by atoms with Gasteiger partial charge in [-0.2, -0.15) is 5.26 Å². The lowest BCUT2D eigenvalue weighted by molar-refractivity contribution is 0.922. The van der Waals surface area contributed by atoms with Crippen molar-refractivity contribution in [1.29, 1.82) is 5.26 Å². The molecule has 4 heteroatoms. The van der Waals surface area contributed by atoms with Gasteiger partial charge >= 0.3 is 0 Å². The molecule has 0 atom stereocenters. The van der Waals surface area contributed by atoms with E-state index in [0.717, 1.165) is 35.2 Å². The Morgan fingerprint density at radius 1 is 1.04 bits per heavy atom. The van der Waals surface area contributed by atoms with E-state index < -0.39 is 0 Å². The van der Waals surface area contributed by atoms with E-state index in [1.165, 1.54) is 5.56 Å². The summed E-state index contributed by atoms with van der Waals surface area (Å²) in [7, 11) is 0. The summed E-state index contributed by atoms with van der Waals surface area (Å²) >= 11 is 5.97. The van der Waals surface area contributed by atoms with Crippen LogP contribution in [-0.4, -0.2) is 4.98 Å². The molecule has 25 heavy (non-hydrogen) atoms. The molecule has 0 radical (unpaired) electrons. The van der Waals surface area contributed by atoms with Gasteiger partial charge in [0.15, 0.2) is 0 Å². The summed E-state index contributed by atoms with van der Waals surface area (Å²) in [6.07, 6.45) is 2.17. The smallest absolute Gasteiger partial charge is 0.142 e. The molecule has 3 aromatic rings. The van der Waals surface area contributed by atoms with Gasteiger partial charge in [-0.1, -0.05) is 61.3 Å². The minimum atomic E-state index is 0.239. The molecule has 0 saturated heterocycles. The van der Waals surface area contributed by atoms with Crippen molar-refractivity contribution in [2.24, 2.45) is 0 Å². The van der Waals surface area contributed by atoms with Gasteiger partial charge in [-0.25, -0.2) is 4.98 Å². The number of hydrogen-bond acceptors (Lipinski definition) is 3. The lowest BCUT2D eigenvalue weighted by atomic mass is 9.98. The lowest BCUT2D eigenvalue weighted by Gasteiger charge is -2.11. The standard InChI is InChI=1S/C21H18ClN3/c1-2-3-14-4-6-16(7-5-14)20-12-18(19(13-23)21(24)25-20)15-8-10-17(22)11-9-15/h4-12H,2-3H2,1H3,(H2,24,25). The van der Waals surface area contributed by atoms with E-state index in [9.17, 15) is 5.26 Å². The number of aryl methyl sites for hydroxylation is 1. The van der Waals surface area contributed by atoms with Gasteiger partial charge < -0.3 is 5.73 Å². The predicted molar refractivity (Wildman–Crippen MR) is 103 cm³/mol. The molecule has 0 amide bonds. The van der Waals surface area contributed by atoms with Crippen molar-refractivity contribution in [2.75, 3.05) is 5.73 Å². The molecular formula is C21H18ClN3. The normalized spacial score (nSPS) is 10.4. The Kier molecular flexibility index (Phi) is 5.02. The maximum absolute atomic E-state index is 9.48.